The average molecular weight is 232 g/mol. The molecular formula is C15H24N2. The van der Waals surface area contributed by atoms with Gasteiger partial charge in [0.05, 0.1) is 0 Å². The zero-order chi connectivity index (χ0) is 12.3. The van der Waals surface area contributed by atoms with E-state index >= 15 is 0 Å². The summed E-state index contributed by atoms with van der Waals surface area (Å²) in [4.78, 5) is 2.61. The number of nitrogens with two attached hydrogens (primary N) is 1. The molecule has 2 N–H and O–H groups in total. The fraction of sp³-hybridized carbons (Fsp3) is 0.600. The minimum absolute atomic E-state index is 0.405. The molecule has 0 radical (unpaired) electrons. The Morgan fingerprint density at radius 2 is 2.29 bits per heavy atom. The molecular weight excluding hydrogens is 208 g/mol. The van der Waals surface area contributed by atoms with Gasteiger partial charge in [-0.25, -0.2) is 0 Å². The highest BCUT2D eigenvalue weighted by Gasteiger charge is 2.29. The van der Waals surface area contributed by atoms with Crippen LogP contribution in [0.1, 0.15) is 43.4 Å². The number of benzene rings is 1. The summed E-state index contributed by atoms with van der Waals surface area (Å²) in [5.41, 5.74) is 8.72. The van der Waals surface area contributed by atoms with Crippen molar-refractivity contribution in [1.82, 2.24) is 4.90 Å². The van der Waals surface area contributed by atoms with Gasteiger partial charge in [-0.1, -0.05) is 36.8 Å². The van der Waals surface area contributed by atoms with E-state index in [1.807, 2.05) is 0 Å². The lowest BCUT2D eigenvalue weighted by atomic mass is 10.0. The summed E-state index contributed by atoms with van der Waals surface area (Å²) in [5, 5.41) is 0. The number of aryl methyl sites for hydroxylation is 1. The van der Waals surface area contributed by atoms with Gasteiger partial charge in [0.15, 0.2) is 0 Å². The second kappa shape index (κ2) is 5.65. The molecule has 1 aliphatic rings. The van der Waals surface area contributed by atoms with Crippen LogP contribution in [0.4, 0.5) is 0 Å². The summed E-state index contributed by atoms with van der Waals surface area (Å²) in [7, 11) is 0. The van der Waals surface area contributed by atoms with Gasteiger partial charge < -0.3 is 5.73 Å². The monoisotopic (exact) mass is 232 g/mol. The van der Waals surface area contributed by atoms with E-state index in [1.54, 1.807) is 0 Å². The predicted octanol–water partition coefficient (Wildman–Crippen LogP) is 2.87. The van der Waals surface area contributed by atoms with E-state index < -0.39 is 0 Å². The largest absolute Gasteiger partial charge is 0.329 e. The Morgan fingerprint density at radius 1 is 1.47 bits per heavy atom. The van der Waals surface area contributed by atoms with Crippen LogP contribution in [0.2, 0.25) is 0 Å². The van der Waals surface area contributed by atoms with Crippen LogP contribution in [-0.2, 0) is 0 Å². The van der Waals surface area contributed by atoms with Gasteiger partial charge in [-0.05, 0) is 38.3 Å². The minimum Gasteiger partial charge on any atom is -0.329 e. The van der Waals surface area contributed by atoms with Crippen LogP contribution >= 0.6 is 0 Å². The van der Waals surface area contributed by atoms with E-state index in [0.29, 0.717) is 6.04 Å². The predicted molar refractivity (Wildman–Crippen MR) is 73.0 cm³/mol. The highest BCUT2D eigenvalue weighted by Crippen LogP contribution is 2.30. The van der Waals surface area contributed by atoms with Gasteiger partial charge in [0.25, 0.3) is 0 Å². The zero-order valence-corrected chi connectivity index (χ0v) is 11.0. The van der Waals surface area contributed by atoms with Crippen molar-refractivity contribution in [2.75, 3.05) is 13.1 Å². The topological polar surface area (TPSA) is 29.3 Å². The van der Waals surface area contributed by atoms with Crippen LogP contribution in [0.5, 0.6) is 0 Å². The average Bonchev–Trinajstić information content (AvgIpc) is 2.78. The molecule has 17 heavy (non-hydrogen) atoms. The first-order valence-corrected chi connectivity index (χ1v) is 6.78. The van der Waals surface area contributed by atoms with Gasteiger partial charge in [0, 0.05) is 18.6 Å². The molecule has 0 amide bonds. The maximum atomic E-state index is 6.01. The fourth-order valence-electron chi connectivity index (χ4n) is 3.05. The molecule has 2 rings (SSSR count). The van der Waals surface area contributed by atoms with Crippen LogP contribution in [0, 0.1) is 6.92 Å². The lowest BCUT2D eigenvalue weighted by Gasteiger charge is -2.32. The van der Waals surface area contributed by atoms with Crippen LogP contribution in [0.3, 0.4) is 0 Å². The maximum Gasteiger partial charge on any atom is 0.0473 e. The third-order valence-electron chi connectivity index (χ3n) is 3.94. The number of hydrogen-bond donors (Lipinski definition) is 1. The highest BCUT2D eigenvalue weighted by molar-refractivity contribution is 5.25. The second-order valence-electron chi connectivity index (χ2n) is 5.11. The van der Waals surface area contributed by atoms with Gasteiger partial charge >= 0.3 is 0 Å². The van der Waals surface area contributed by atoms with Crippen LogP contribution in [0.15, 0.2) is 24.3 Å². The molecule has 1 aromatic rings. The Morgan fingerprint density at radius 3 is 2.94 bits per heavy atom. The van der Waals surface area contributed by atoms with Gasteiger partial charge in [-0.3, -0.25) is 4.90 Å². The number of likely N-dealkylation sites (tertiary alicyclic amines) is 1. The number of nitrogens with zero attached hydrogens (tertiary/aromatic N) is 1. The van der Waals surface area contributed by atoms with E-state index in [0.717, 1.165) is 12.6 Å². The first-order valence-electron chi connectivity index (χ1n) is 6.78. The summed E-state index contributed by atoms with van der Waals surface area (Å²) in [6, 6.07) is 9.92. The Bertz CT molecular complexity index is 362. The Kier molecular flexibility index (Phi) is 4.19. The van der Waals surface area contributed by atoms with Crippen LogP contribution < -0.4 is 5.73 Å². The Labute approximate surface area is 105 Å². The molecule has 1 aromatic carbocycles. The van der Waals surface area contributed by atoms with Gasteiger partial charge in [0.1, 0.15) is 0 Å². The van der Waals surface area contributed by atoms with Crippen molar-refractivity contribution < 1.29 is 0 Å². The lowest BCUT2D eigenvalue weighted by molar-refractivity contribution is 0.180. The SMILES string of the molecule is CCC1CCCN1C(CN)c1cccc(C)c1. The molecule has 1 saturated heterocycles. The van der Waals surface area contributed by atoms with Crippen molar-refractivity contribution in [3.63, 3.8) is 0 Å². The van der Waals surface area contributed by atoms with Crippen molar-refractivity contribution in [1.29, 1.82) is 0 Å². The first kappa shape index (κ1) is 12.6. The third kappa shape index (κ3) is 2.70. The van der Waals surface area contributed by atoms with Crippen molar-refractivity contribution in [3.05, 3.63) is 35.4 Å². The number of hydrogen-bond acceptors (Lipinski definition) is 2. The lowest BCUT2D eigenvalue weighted by Crippen LogP contribution is -2.37. The Hall–Kier alpha value is -0.860. The normalized spacial score (nSPS) is 22.9. The molecule has 1 heterocycles. The molecule has 0 aromatic heterocycles. The summed E-state index contributed by atoms with van der Waals surface area (Å²) in [6.07, 6.45) is 3.89. The molecule has 2 nitrogen and oxygen atoms in total. The molecule has 2 atom stereocenters. The minimum atomic E-state index is 0.405. The molecule has 1 fully saturated rings. The molecule has 2 heteroatoms. The standard InChI is InChI=1S/C15H24N2/c1-3-14-8-5-9-17(14)15(11-16)13-7-4-6-12(2)10-13/h4,6-7,10,14-15H,3,5,8-9,11,16H2,1-2H3. The van der Waals surface area contributed by atoms with E-state index in [2.05, 4.69) is 43.0 Å². The summed E-state index contributed by atoms with van der Waals surface area (Å²) >= 11 is 0. The zero-order valence-electron chi connectivity index (χ0n) is 11.0. The fourth-order valence-corrected chi connectivity index (χ4v) is 3.05. The summed E-state index contributed by atoms with van der Waals surface area (Å²) in [5.74, 6) is 0. The van der Waals surface area contributed by atoms with Crippen molar-refractivity contribution >= 4 is 0 Å². The van der Waals surface area contributed by atoms with Crippen molar-refractivity contribution in [2.24, 2.45) is 5.73 Å². The van der Waals surface area contributed by atoms with Crippen molar-refractivity contribution in [2.45, 2.75) is 45.2 Å². The third-order valence-corrected chi connectivity index (χ3v) is 3.94. The second-order valence-corrected chi connectivity index (χ2v) is 5.11. The molecule has 0 spiro atoms. The molecule has 2 unspecified atom stereocenters. The molecule has 1 aliphatic heterocycles. The van der Waals surface area contributed by atoms with Crippen LogP contribution in [-0.4, -0.2) is 24.0 Å². The number of rotatable bonds is 4. The molecule has 94 valence electrons. The van der Waals surface area contributed by atoms with Crippen molar-refractivity contribution in [3.8, 4) is 0 Å². The maximum absolute atomic E-state index is 6.01. The quantitative estimate of drug-likeness (QED) is 0.865. The molecule has 0 aliphatic carbocycles. The van der Waals surface area contributed by atoms with E-state index in [4.69, 9.17) is 5.73 Å². The van der Waals surface area contributed by atoms with E-state index in [-0.39, 0.29) is 0 Å². The Balaban J connectivity index is 2.21. The smallest absolute Gasteiger partial charge is 0.0473 e. The first-order chi connectivity index (χ1) is 8.26. The van der Waals surface area contributed by atoms with E-state index in [1.165, 1.54) is 36.9 Å². The highest BCUT2D eigenvalue weighted by atomic mass is 15.2. The molecule has 0 saturated carbocycles. The van der Waals surface area contributed by atoms with Crippen LogP contribution in [0.25, 0.3) is 0 Å². The van der Waals surface area contributed by atoms with Gasteiger partial charge in [0.2, 0.25) is 0 Å². The summed E-state index contributed by atoms with van der Waals surface area (Å²) < 4.78 is 0. The van der Waals surface area contributed by atoms with E-state index in [9.17, 15) is 0 Å². The van der Waals surface area contributed by atoms with Gasteiger partial charge in [-0.2, -0.15) is 0 Å². The van der Waals surface area contributed by atoms with Gasteiger partial charge in [-0.15, -0.1) is 0 Å². The summed E-state index contributed by atoms with van der Waals surface area (Å²) in [6.45, 7) is 6.36. The molecule has 0 bridgehead atoms.